The summed E-state index contributed by atoms with van der Waals surface area (Å²) in [7, 11) is 1.56. The van der Waals surface area contributed by atoms with Crippen LogP contribution < -0.4 is 24.4 Å². The van der Waals surface area contributed by atoms with Gasteiger partial charge in [0.15, 0.2) is 16.3 Å². The van der Waals surface area contributed by atoms with Crippen molar-refractivity contribution in [2.75, 3.05) is 20.3 Å². The van der Waals surface area contributed by atoms with E-state index in [0.717, 1.165) is 22.2 Å². The molecule has 0 spiro atoms. The van der Waals surface area contributed by atoms with Crippen LogP contribution in [-0.4, -0.2) is 35.4 Å². The molecule has 0 aliphatic carbocycles. The largest absolute Gasteiger partial charge is 0.493 e. The Morgan fingerprint density at radius 1 is 1.02 bits per heavy atom. The second-order valence-electron chi connectivity index (χ2n) is 10.8. The molecule has 46 heavy (non-hydrogen) atoms. The van der Waals surface area contributed by atoms with Crippen LogP contribution >= 0.6 is 27.3 Å². The highest BCUT2D eigenvalue weighted by Crippen LogP contribution is 2.41. The van der Waals surface area contributed by atoms with Crippen molar-refractivity contribution in [3.63, 3.8) is 0 Å². The number of esters is 1. The van der Waals surface area contributed by atoms with Crippen molar-refractivity contribution in [2.45, 2.75) is 40.3 Å². The van der Waals surface area contributed by atoms with Gasteiger partial charge in [0.25, 0.3) is 5.56 Å². The molecule has 6 rings (SSSR count). The Kier molecular flexibility index (Phi) is 9.02. The highest BCUT2D eigenvalue weighted by atomic mass is 79.9. The van der Waals surface area contributed by atoms with E-state index in [1.807, 2.05) is 43.3 Å². The Morgan fingerprint density at radius 3 is 2.48 bits per heavy atom. The first-order valence-electron chi connectivity index (χ1n) is 15.1. The summed E-state index contributed by atoms with van der Waals surface area (Å²) in [5.41, 5.74) is 5.49. The number of rotatable bonds is 9. The minimum Gasteiger partial charge on any atom is -0.493 e. The van der Waals surface area contributed by atoms with Crippen LogP contribution in [-0.2, 0) is 16.1 Å². The average molecular weight is 701 g/mol. The summed E-state index contributed by atoms with van der Waals surface area (Å²) in [4.78, 5) is 33.2. The standard InChI is InChI=1S/C36H34BrN3O5S/c1-6-44-30-19-27(37)26(17-29(30)43-5)33-32(35(42)45-7-2)21(3)38-36-40(33)34(41)31(46-36)18-25-22(4)39(20-23-13-9-8-10-14-23)28-16-12-11-15-24(25)28/h8-19,33H,6-7,20H2,1-5H3/b31-18+/t33-/m0/s1. The minimum absolute atomic E-state index is 0.187. The Labute approximate surface area is 279 Å². The van der Waals surface area contributed by atoms with Gasteiger partial charge in [0.2, 0.25) is 0 Å². The second-order valence-corrected chi connectivity index (χ2v) is 12.7. The van der Waals surface area contributed by atoms with E-state index in [1.54, 1.807) is 37.7 Å². The molecule has 8 nitrogen and oxygen atoms in total. The van der Waals surface area contributed by atoms with E-state index in [9.17, 15) is 9.59 Å². The molecule has 0 amide bonds. The predicted molar refractivity (Wildman–Crippen MR) is 184 cm³/mol. The molecule has 0 bridgehead atoms. The topological polar surface area (TPSA) is 84.1 Å². The molecule has 0 N–H and O–H groups in total. The number of halogens is 1. The zero-order valence-corrected chi connectivity index (χ0v) is 28.7. The van der Waals surface area contributed by atoms with Gasteiger partial charge in [-0.05, 0) is 63.1 Å². The maximum absolute atomic E-state index is 14.4. The molecule has 0 saturated carbocycles. The average Bonchev–Trinajstić information content (AvgIpc) is 3.49. The Morgan fingerprint density at radius 2 is 1.76 bits per heavy atom. The van der Waals surface area contributed by atoms with Gasteiger partial charge in [0, 0.05) is 33.2 Å². The van der Waals surface area contributed by atoms with Gasteiger partial charge in [0.1, 0.15) is 0 Å². The van der Waals surface area contributed by atoms with Crippen LogP contribution in [0.1, 0.15) is 49.2 Å². The van der Waals surface area contributed by atoms with E-state index in [1.165, 1.54) is 16.9 Å². The van der Waals surface area contributed by atoms with Gasteiger partial charge in [-0.3, -0.25) is 9.36 Å². The van der Waals surface area contributed by atoms with Crippen molar-refractivity contribution < 1.29 is 19.0 Å². The zero-order chi connectivity index (χ0) is 32.5. The van der Waals surface area contributed by atoms with Crippen molar-refractivity contribution in [3.8, 4) is 11.5 Å². The first-order chi connectivity index (χ1) is 22.3. The van der Waals surface area contributed by atoms with E-state index >= 15 is 0 Å². The highest BCUT2D eigenvalue weighted by Gasteiger charge is 2.35. The smallest absolute Gasteiger partial charge is 0.338 e. The maximum atomic E-state index is 14.4. The number of hydrogen-bond donors (Lipinski definition) is 0. The lowest BCUT2D eigenvalue weighted by atomic mass is 9.95. The van der Waals surface area contributed by atoms with E-state index in [-0.39, 0.29) is 12.2 Å². The van der Waals surface area contributed by atoms with Crippen LogP contribution in [0.15, 0.2) is 92.3 Å². The number of thiazole rings is 1. The number of para-hydroxylation sites is 1. The third kappa shape index (κ3) is 5.60. The van der Waals surface area contributed by atoms with Crippen LogP contribution in [0, 0.1) is 6.92 Å². The highest BCUT2D eigenvalue weighted by molar-refractivity contribution is 9.10. The quantitative estimate of drug-likeness (QED) is 0.169. The number of carbonyl (C=O) groups excluding carboxylic acids is 1. The monoisotopic (exact) mass is 699 g/mol. The summed E-state index contributed by atoms with van der Waals surface area (Å²) in [6.07, 6.45) is 1.96. The summed E-state index contributed by atoms with van der Waals surface area (Å²) in [5.74, 6) is 0.512. The Balaban J connectivity index is 1.57. The number of benzene rings is 3. The molecule has 0 radical (unpaired) electrons. The molecule has 5 aromatic rings. The van der Waals surface area contributed by atoms with Gasteiger partial charge in [-0.25, -0.2) is 9.79 Å². The second kappa shape index (κ2) is 13.1. The van der Waals surface area contributed by atoms with Crippen LogP contribution in [0.5, 0.6) is 11.5 Å². The first-order valence-corrected chi connectivity index (χ1v) is 16.7. The first kappa shape index (κ1) is 31.6. The molecule has 10 heteroatoms. The minimum atomic E-state index is -0.808. The van der Waals surface area contributed by atoms with Crippen molar-refractivity contribution >= 4 is 50.2 Å². The van der Waals surface area contributed by atoms with Crippen molar-refractivity contribution in [1.29, 1.82) is 0 Å². The van der Waals surface area contributed by atoms with Crippen LogP contribution in [0.3, 0.4) is 0 Å². The van der Waals surface area contributed by atoms with E-state index < -0.39 is 12.0 Å². The summed E-state index contributed by atoms with van der Waals surface area (Å²) >= 11 is 5.00. The fraction of sp³-hybridized carbons (Fsp3) is 0.250. The number of fused-ring (bicyclic) bond motifs is 2. The number of carbonyl (C=O) groups is 1. The third-order valence-electron chi connectivity index (χ3n) is 8.13. The van der Waals surface area contributed by atoms with Gasteiger partial charge in [-0.2, -0.15) is 0 Å². The SMILES string of the molecule is CCOC(=O)C1=C(C)N=c2s/c(=C/c3c(C)n(Cc4ccccc4)c4ccccc34)c(=O)n2[C@H]1c1cc(OC)c(OCC)cc1Br. The molecule has 1 aliphatic heterocycles. The van der Waals surface area contributed by atoms with E-state index in [0.29, 0.717) is 55.3 Å². The number of hydrogen-bond acceptors (Lipinski definition) is 7. The third-order valence-corrected chi connectivity index (χ3v) is 9.80. The molecule has 3 aromatic carbocycles. The molecule has 3 heterocycles. The molecule has 1 aliphatic rings. The number of methoxy groups -OCH3 is 1. The molecular weight excluding hydrogens is 666 g/mol. The molecule has 0 fully saturated rings. The summed E-state index contributed by atoms with van der Waals surface area (Å²) in [6, 6.07) is 21.4. The lowest BCUT2D eigenvalue weighted by molar-refractivity contribution is -0.139. The number of nitrogens with zero attached hydrogens (tertiary/aromatic N) is 3. The van der Waals surface area contributed by atoms with Gasteiger partial charge in [-0.15, -0.1) is 0 Å². The number of ether oxygens (including phenoxy) is 3. The summed E-state index contributed by atoms with van der Waals surface area (Å²) < 4.78 is 22.0. The van der Waals surface area contributed by atoms with Gasteiger partial charge in [-0.1, -0.05) is 75.8 Å². The van der Waals surface area contributed by atoms with Crippen LogP contribution in [0.4, 0.5) is 0 Å². The molecule has 0 unspecified atom stereocenters. The van der Waals surface area contributed by atoms with Gasteiger partial charge in [0.05, 0.1) is 42.2 Å². The molecular formula is C36H34BrN3O5S. The van der Waals surface area contributed by atoms with E-state index in [4.69, 9.17) is 19.2 Å². The maximum Gasteiger partial charge on any atom is 0.338 e. The summed E-state index contributed by atoms with van der Waals surface area (Å²) in [5, 5.41) is 1.06. The number of aromatic nitrogens is 2. The van der Waals surface area contributed by atoms with Crippen molar-refractivity contribution in [1.82, 2.24) is 9.13 Å². The molecule has 1 atom stereocenters. The number of allylic oxidation sites excluding steroid dienone is 1. The molecule has 0 saturated heterocycles. The van der Waals surface area contributed by atoms with Crippen molar-refractivity contribution in [3.05, 3.63) is 125 Å². The lowest BCUT2D eigenvalue weighted by Gasteiger charge is -2.26. The normalized spacial score (nSPS) is 14.7. The zero-order valence-electron chi connectivity index (χ0n) is 26.3. The molecule has 2 aromatic heterocycles. The van der Waals surface area contributed by atoms with Crippen LogP contribution in [0.25, 0.3) is 17.0 Å². The predicted octanol–water partition coefficient (Wildman–Crippen LogP) is 6.28. The fourth-order valence-corrected chi connectivity index (χ4v) is 7.58. The van der Waals surface area contributed by atoms with E-state index in [2.05, 4.69) is 51.7 Å². The lowest BCUT2D eigenvalue weighted by Crippen LogP contribution is -2.40. The fourth-order valence-electron chi connectivity index (χ4n) is 6.01. The molecule has 236 valence electrons. The Hall–Kier alpha value is -4.41. The Bertz CT molecular complexity index is 2180. The van der Waals surface area contributed by atoms with Crippen LogP contribution in [0.2, 0.25) is 0 Å². The van der Waals surface area contributed by atoms with Gasteiger partial charge >= 0.3 is 5.97 Å². The summed E-state index contributed by atoms with van der Waals surface area (Å²) in [6.45, 7) is 8.85. The van der Waals surface area contributed by atoms with Gasteiger partial charge < -0.3 is 18.8 Å². The van der Waals surface area contributed by atoms with Crippen molar-refractivity contribution in [2.24, 2.45) is 4.99 Å².